The summed E-state index contributed by atoms with van der Waals surface area (Å²) in [6.45, 7) is 4.20. The minimum Gasteiger partial charge on any atom is -0.394 e. The molecule has 0 radical (unpaired) electrons. The molecular weight excluding hydrogens is 364 g/mol. The van der Waals surface area contributed by atoms with E-state index in [-0.39, 0.29) is 11.8 Å². The first-order chi connectivity index (χ1) is 12.5. The van der Waals surface area contributed by atoms with Gasteiger partial charge in [-0.05, 0) is 11.8 Å². The lowest BCUT2D eigenvalue weighted by molar-refractivity contribution is -0.331. The SMILES string of the molecule is CO[C@H]1[C@H](O[C@@H]([C@H](O)[C@@H](O)CC(C)(C)C)[C@H](O)CO)O[C@H](CO)[C@H](O)[C@@H]1O. The minimum atomic E-state index is -1.58. The zero-order valence-corrected chi connectivity index (χ0v) is 16.2. The third-order valence-electron chi connectivity index (χ3n) is 4.51. The Kier molecular flexibility index (Phi) is 9.49. The summed E-state index contributed by atoms with van der Waals surface area (Å²) in [5, 5.41) is 69.5. The van der Waals surface area contributed by atoms with E-state index in [1.165, 1.54) is 7.11 Å². The summed E-state index contributed by atoms with van der Waals surface area (Å²) in [6, 6.07) is 0. The van der Waals surface area contributed by atoms with Gasteiger partial charge in [0, 0.05) is 7.11 Å². The quantitative estimate of drug-likeness (QED) is 0.217. The zero-order chi connectivity index (χ0) is 20.9. The lowest BCUT2D eigenvalue weighted by Gasteiger charge is -2.43. The largest absolute Gasteiger partial charge is 0.394 e. The van der Waals surface area contributed by atoms with Crippen LogP contribution in [0.3, 0.4) is 0 Å². The lowest BCUT2D eigenvalue weighted by Crippen LogP contribution is -2.62. The van der Waals surface area contributed by atoms with E-state index in [4.69, 9.17) is 14.2 Å². The second-order valence-corrected chi connectivity index (χ2v) is 8.08. The van der Waals surface area contributed by atoms with Gasteiger partial charge < -0.3 is 50.0 Å². The number of hydrogen-bond acceptors (Lipinski definition) is 10. The molecule has 0 bridgehead atoms. The molecule has 10 nitrogen and oxygen atoms in total. The average molecular weight is 398 g/mol. The van der Waals surface area contributed by atoms with Crippen molar-refractivity contribution < 1.29 is 50.0 Å². The highest BCUT2D eigenvalue weighted by molar-refractivity contribution is 4.92. The Morgan fingerprint density at radius 3 is 2.04 bits per heavy atom. The Bertz CT molecular complexity index is 428. The Morgan fingerprint density at radius 1 is 1.00 bits per heavy atom. The van der Waals surface area contributed by atoms with Gasteiger partial charge in [-0.2, -0.15) is 0 Å². The van der Waals surface area contributed by atoms with Crippen LogP contribution < -0.4 is 0 Å². The van der Waals surface area contributed by atoms with Crippen molar-refractivity contribution in [2.24, 2.45) is 5.41 Å². The van der Waals surface area contributed by atoms with Crippen molar-refractivity contribution in [2.45, 2.75) is 82.3 Å². The lowest BCUT2D eigenvalue weighted by atomic mass is 9.86. The second-order valence-electron chi connectivity index (χ2n) is 8.08. The molecule has 1 rings (SSSR count). The van der Waals surface area contributed by atoms with Crippen molar-refractivity contribution in [3.63, 3.8) is 0 Å². The zero-order valence-electron chi connectivity index (χ0n) is 16.2. The van der Waals surface area contributed by atoms with E-state index < -0.39 is 68.3 Å². The Labute approximate surface area is 158 Å². The smallest absolute Gasteiger partial charge is 0.187 e. The van der Waals surface area contributed by atoms with Gasteiger partial charge in [0.2, 0.25) is 0 Å². The summed E-state index contributed by atoms with van der Waals surface area (Å²) in [6.07, 6.45) is -12.4. The van der Waals surface area contributed by atoms with Gasteiger partial charge >= 0.3 is 0 Å². The molecule has 0 unspecified atom stereocenters. The van der Waals surface area contributed by atoms with E-state index >= 15 is 0 Å². The highest BCUT2D eigenvalue weighted by Gasteiger charge is 2.47. The Morgan fingerprint density at radius 2 is 1.59 bits per heavy atom. The summed E-state index contributed by atoms with van der Waals surface area (Å²) in [7, 11) is 1.24. The molecule has 1 saturated heterocycles. The van der Waals surface area contributed by atoms with Gasteiger partial charge in [-0.3, -0.25) is 0 Å². The second kappa shape index (κ2) is 10.4. The Balaban J connectivity index is 3.00. The summed E-state index contributed by atoms with van der Waals surface area (Å²) in [5.74, 6) is 0. The van der Waals surface area contributed by atoms with E-state index in [0.29, 0.717) is 0 Å². The number of aliphatic hydroxyl groups excluding tert-OH is 7. The maximum atomic E-state index is 10.5. The van der Waals surface area contributed by atoms with Crippen LogP contribution >= 0.6 is 0 Å². The first-order valence-corrected chi connectivity index (χ1v) is 8.92. The van der Waals surface area contributed by atoms with Gasteiger partial charge in [0.05, 0.1) is 19.3 Å². The minimum absolute atomic E-state index is 0.187. The first kappa shape index (κ1) is 24.6. The molecule has 9 atom stereocenters. The fourth-order valence-corrected chi connectivity index (χ4v) is 3.04. The molecule has 0 amide bonds. The molecule has 1 heterocycles. The molecule has 0 aromatic carbocycles. The van der Waals surface area contributed by atoms with Crippen LogP contribution in [0.1, 0.15) is 27.2 Å². The van der Waals surface area contributed by atoms with E-state index in [1.807, 2.05) is 20.8 Å². The summed E-state index contributed by atoms with van der Waals surface area (Å²) in [5.41, 5.74) is -0.326. The monoisotopic (exact) mass is 398 g/mol. The van der Waals surface area contributed by atoms with Crippen LogP contribution in [0.4, 0.5) is 0 Å². The van der Waals surface area contributed by atoms with E-state index in [0.717, 1.165) is 0 Å². The van der Waals surface area contributed by atoms with Crippen molar-refractivity contribution in [3.05, 3.63) is 0 Å². The maximum absolute atomic E-state index is 10.5. The van der Waals surface area contributed by atoms with Gasteiger partial charge in [-0.15, -0.1) is 0 Å². The van der Waals surface area contributed by atoms with Crippen LogP contribution in [0.25, 0.3) is 0 Å². The van der Waals surface area contributed by atoms with Gasteiger partial charge in [0.25, 0.3) is 0 Å². The fraction of sp³-hybridized carbons (Fsp3) is 1.00. The van der Waals surface area contributed by atoms with E-state index in [2.05, 4.69) is 0 Å². The highest BCUT2D eigenvalue weighted by atomic mass is 16.7. The molecule has 1 aliphatic heterocycles. The van der Waals surface area contributed by atoms with Crippen LogP contribution in [0, 0.1) is 5.41 Å². The number of hydrogen-bond donors (Lipinski definition) is 7. The number of rotatable bonds is 9. The standard InChI is InChI=1S/C17H34O10/c1-17(2,3)5-8(20)11(22)14(9(21)6-18)27-16-15(25-4)13(24)12(23)10(7-19)26-16/h8-16,18-24H,5-7H2,1-4H3/t8-,9+,10+,11+,12-,13-,14+,15+,16-/m0/s1. The molecule has 0 aromatic heterocycles. The predicted molar refractivity (Wildman–Crippen MR) is 92.6 cm³/mol. The third kappa shape index (κ3) is 6.57. The van der Waals surface area contributed by atoms with Crippen molar-refractivity contribution >= 4 is 0 Å². The third-order valence-corrected chi connectivity index (χ3v) is 4.51. The fourth-order valence-electron chi connectivity index (χ4n) is 3.04. The molecule has 1 fully saturated rings. The van der Waals surface area contributed by atoms with Crippen LogP contribution in [0.2, 0.25) is 0 Å². The number of methoxy groups -OCH3 is 1. The van der Waals surface area contributed by atoms with Crippen molar-refractivity contribution in [3.8, 4) is 0 Å². The van der Waals surface area contributed by atoms with Gasteiger partial charge in [0.1, 0.15) is 42.7 Å². The molecule has 27 heavy (non-hydrogen) atoms. The predicted octanol–water partition coefficient (Wildman–Crippen LogP) is -2.66. The van der Waals surface area contributed by atoms with Crippen molar-refractivity contribution in [1.29, 1.82) is 0 Å². The molecule has 10 heteroatoms. The molecule has 0 aromatic rings. The first-order valence-electron chi connectivity index (χ1n) is 8.92. The molecule has 7 N–H and O–H groups in total. The average Bonchev–Trinajstić information content (AvgIpc) is 2.59. The van der Waals surface area contributed by atoms with Gasteiger partial charge in [-0.25, -0.2) is 0 Å². The summed E-state index contributed by atoms with van der Waals surface area (Å²) >= 11 is 0. The van der Waals surface area contributed by atoms with E-state index in [9.17, 15) is 35.7 Å². The van der Waals surface area contributed by atoms with Crippen molar-refractivity contribution in [1.82, 2.24) is 0 Å². The Hall–Kier alpha value is -0.400. The molecular formula is C17H34O10. The topological polar surface area (TPSA) is 169 Å². The van der Waals surface area contributed by atoms with Gasteiger partial charge in [0.15, 0.2) is 6.29 Å². The van der Waals surface area contributed by atoms with Crippen LogP contribution in [-0.2, 0) is 14.2 Å². The highest BCUT2D eigenvalue weighted by Crippen LogP contribution is 2.28. The summed E-state index contributed by atoms with van der Waals surface area (Å²) < 4.78 is 16.0. The maximum Gasteiger partial charge on any atom is 0.187 e. The van der Waals surface area contributed by atoms with Crippen LogP contribution in [0.15, 0.2) is 0 Å². The normalized spacial score (nSPS) is 34.1. The molecule has 0 aliphatic carbocycles. The number of aliphatic hydroxyl groups is 7. The summed E-state index contributed by atoms with van der Waals surface area (Å²) in [4.78, 5) is 0. The number of ether oxygens (including phenoxy) is 3. The van der Waals surface area contributed by atoms with E-state index in [1.54, 1.807) is 0 Å². The van der Waals surface area contributed by atoms with Gasteiger partial charge in [-0.1, -0.05) is 20.8 Å². The molecule has 0 saturated carbocycles. The van der Waals surface area contributed by atoms with Crippen LogP contribution in [0.5, 0.6) is 0 Å². The van der Waals surface area contributed by atoms with Crippen LogP contribution in [-0.4, -0.2) is 111 Å². The molecule has 162 valence electrons. The molecule has 1 aliphatic rings. The van der Waals surface area contributed by atoms with Crippen molar-refractivity contribution in [2.75, 3.05) is 20.3 Å². The molecule has 0 spiro atoms.